The van der Waals surface area contributed by atoms with Crippen LogP contribution in [0.15, 0.2) is 35.7 Å². The maximum atomic E-state index is 12.4. The van der Waals surface area contributed by atoms with Crippen molar-refractivity contribution in [3.05, 3.63) is 41.3 Å². The van der Waals surface area contributed by atoms with E-state index in [0.29, 0.717) is 10.6 Å². The summed E-state index contributed by atoms with van der Waals surface area (Å²) in [6.07, 6.45) is 0. The van der Waals surface area contributed by atoms with E-state index in [1.165, 1.54) is 11.3 Å². The molecule has 7 heteroatoms. The third kappa shape index (κ3) is 4.30. The van der Waals surface area contributed by atoms with Crippen molar-refractivity contribution in [2.75, 3.05) is 44.6 Å². The highest BCUT2D eigenvalue weighted by atomic mass is 32.1. The Morgan fingerprint density at radius 1 is 1.12 bits per heavy atom. The first-order valence-electron chi connectivity index (χ1n) is 8.73. The van der Waals surface area contributed by atoms with Crippen molar-refractivity contribution < 1.29 is 14.7 Å². The molecule has 0 saturated carbocycles. The van der Waals surface area contributed by atoms with E-state index in [2.05, 4.69) is 22.0 Å². The number of carbonyl (C=O) groups is 2. The van der Waals surface area contributed by atoms with Gasteiger partial charge in [-0.05, 0) is 12.1 Å². The van der Waals surface area contributed by atoms with Crippen molar-refractivity contribution >= 4 is 28.2 Å². The minimum Gasteiger partial charge on any atom is -0.478 e. The van der Waals surface area contributed by atoms with Crippen LogP contribution in [0.2, 0.25) is 0 Å². The van der Waals surface area contributed by atoms with Crippen LogP contribution in [-0.4, -0.2) is 66.1 Å². The largest absolute Gasteiger partial charge is 0.478 e. The fraction of sp³-hybridized carbons (Fsp3) is 0.368. The number of rotatable bonds is 6. The lowest BCUT2D eigenvalue weighted by atomic mass is 10.0. The zero-order valence-electron chi connectivity index (χ0n) is 14.8. The van der Waals surface area contributed by atoms with E-state index in [9.17, 15) is 14.7 Å². The Kier molecular flexibility index (Phi) is 6.03. The predicted octanol–water partition coefficient (Wildman–Crippen LogP) is 2.69. The van der Waals surface area contributed by atoms with Crippen molar-refractivity contribution in [1.29, 1.82) is 0 Å². The van der Waals surface area contributed by atoms with Gasteiger partial charge in [0.25, 0.3) is 0 Å². The van der Waals surface area contributed by atoms with Crippen LogP contribution >= 0.6 is 11.3 Å². The number of anilines is 1. The summed E-state index contributed by atoms with van der Waals surface area (Å²) >= 11 is 1.25. The number of amides is 1. The lowest BCUT2D eigenvalue weighted by molar-refractivity contribution is -0.117. The first kappa shape index (κ1) is 18.6. The van der Waals surface area contributed by atoms with Crippen LogP contribution in [0, 0.1) is 0 Å². The first-order valence-corrected chi connectivity index (χ1v) is 9.61. The van der Waals surface area contributed by atoms with Gasteiger partial charge < -0.3 is 15.3 Å². The highest BCUT2D eigenvalue weighted by molar-refractivity contribution is 7.15. The van der Waals surface area contributed by atoms with Gasteiger partial charge >= 0.3 is 5.97 Å². The molecule has 1 fully saturated rings. The lowest BCUT2D eigenvalue weighted by Gasteiger charge is -2.33. The summed E-state index contributed by atoms with van der Waals surface area (Å²) in [6, 6.07) is 9.36. The normalized spacial score (nSPS) is 15.7. The van der Waals surface area contributed by atoms with E-state index >= 15 is 0 Å². The van der Waals surface area contributed by atoms with Crippen molar-refractivity contribution in [1.82, 2.24) is 9.80 Å². The molecule has 0 atom stereocenters. The number of carboxylic acids is 1. The molecule has 1 amide bonds. The summed E-state index contributed by atoms with van der Waals surface area (Å²) in [4.78, 5) is 28.6. The standard InChI is InChI=1S/C19H23N3O3S/c1-2-21-8-10-22(11-9-21)12-16(23)20-18-17(19(24)25)15(13-26-18)14-6-4-3-5-7-14/h3-7,13H,2,8-12H2,1H3,(H,20,23)(H,24,25). The molecule has 0 spiro atoms. The zero-order valence-corrected chi connectivity index (χ0v) is 15.6. The summed E-state index contributed by atoms with van der Waals surface area (Å²) in [7, 11) is 0. The highest BCUT2D eigenvalue weighted by Gasteiger charge is 2.23. The second-order valence-electron chi connectivity index (χ2n) is 6.28. The molecular formula is C19H23N3O3S. The van der Waals surface area contributed by atoms with E-state index in [0.717, 1.165) is 38.3 Å². The minimum absolute atomic E-state index is 0.158. The average molecular weight is 373 g/mol. The molecule has 1 aromatic heterocycles. The summed E-state index contributed by atoms with van der Waals surface area (Å²) in [5.74, 6) is -1.20. The predicted molar refractivity (Wildman–Crippen MR) is 104 cm³/mol. The molecule has 2 N–H and O–H groups in total. The average Bonchev–Trinajstić information content (AvgIpc) is 3.06. The Balaban J connectivity index is 1.69. The second-order valence-corrected chi connectivity index (χ2v) is 7.16. The molecule has 26 heavy (non-hydrogen) atoms. The number of benzene rings is 1. The monoisotopic (exact) mass is 373 g/mol. The molecule has 0 bridgehead atoms. The molecule has 1 aromatic carbocycles. The van der Waals surface area contributed by atoms with Crippen LogP contribution in [0.1, 0.15) is 17.3 Å². The molecule has 1 aliphatic heterocycles. The molecule has 2 heterocycles. The number of piperazine rings is 1. The molecule has 2 aromatic rings. The number of thiophene rings is 1. The van der Waals surface area contributed by atoms with Crippen molar-refractivity contribution in [3.63, 3.8) is 0 Å². The van der Waals surface area contributed by atoms with E-state index < -0.39 is 5.97 Å². The molecule has 1 aliphatic rings. The molecule has 0 aliphatic carbocycles. The second kappa shape index (κ2) is 8.44. The summed E-state index contributed by atoms with van der Waals surface area (Å²) < 4.78 is 0. The van der Waals surface area contributed by atoms with Crippen molar-refractivity contribution in [3.8, 4) is 11.1 Å². The summed E-state index contributed by atoms with van der Waals surface area (Å²) in [6.45, 7) is 7.08. The topological polar surface area (TPSA) is 72.9 Å². The Hall–Kier alpha value is -2.22. The van der Waals surface area contributed by atoms with Crippen LogP contribution in [0.25, 0.3) is 11.1 Å². The number of carbonyl (C=O) groups excluding carboxylic acids is 1. The number of likely N-dealkylation sites (N-methyl/N-ethyl adjacent to an activating group) is 1. The van der Waals surface area contributed by atoms with E-state index in [1.807, 2.05) is 30.3 Å². The molecule has 0 unspecified atom stereocenters. The maximum absolute atomic E-state index is 12.4. The highest BCUT2D eigenvalue weighted by Crippen LogP contribution is 2.35. The third-order valence-corrected chi connectivity index (χ3v) is 5.52. The van der Waals surface area contributed by atoms with Crippen molar-refractivity contribution in [2.24, 2.45) is 0 Å². The van der Waals surface area contributed by atoms with Gasteiger partial charge in [-0.3, -0.25) is 9.69 Å². The maximum Gasteiger partial charge on any atom is 0.339 e. The number of nitrogens with one attached hydrogen (secondary N) is 1. The molecule has 0 radical (unpaired) electrons. The fourth-order valence-corrected chi connectivity index (χ4v) is 4.10. The third-order valence-electron chi connectivity index (χ3n) is 4.62. The van der Waals surface area contributed by atoms with Gasteiger partial charge in [-0.25, -0.2) is 4.79 Å². The first-order chi connectivity index (χ1) is 12.6. The zero-order chi connectivity index (χ0) is 18.5. The number of hydrogen-bond acceptors (Lipinski definition) is 5. The number of carboxylic acid groups (broad SMARTS) is 1. The van der Waals surface area contributed by atoms with Crippen molar-refractivity contribution in [2.45, 2.75) is 6.92 Å². The smallest absolute Gasteiger partial charge is 0.339 e. The molecule has 6 nitrogen and oxygen atoms in total. The molecule has 1 saturated heterocycles. The Morgan fingerprint density at radius 2 is 1.77 bits per heavy atom. The van der Waals surface area contributed by atoms with Crippen LogP contribution in [-0.2, 0) is 4.79 Å². The van der Waals surface area contributed by atoms with Gasteiger partial charge in [-0.1, -0.05) is 37.3 Å². The van der Waals surface area contributed by atoms with Gasteiger partial charge in [0.05, 0.1) is 6.54 Å². The van der Waals surface area contributed by atoms with Crippen LogP contribution in [0.3, 0.4) is 0 Å². The SMILES string of the molecule is CCN1CCN(CC(=O)Nc2scc(-c3ccccc3)c2C(=O)O)CC1. The Morgan fingerprint density at radius 3 is 2.38 bits per heavy atom. The van der Waals surface area contributed by atoms with E-state index in [4.69, 9.17) is 0 Å². The van der Waals surface area contributed by atoms with Gasteiger partial charge in [-0.15, -0.1) is 11.3 Å². The van der Waals surface area contributed by atoms with Gasteiger partial charge in [0.1, 0.15) is 10.6 Å². The van der Waals surface area contributed by atoms with Crippen LogP contribution in [0.5, 0.6) is 0 Å². The number of nitrogens with zero attached hydrogens (tertiary/aromatic N) is 2. The van der Waals surface area contributed by atoms with Crippen LogP contribution < -0.4 is 5.32 Å². The molecule has 138 valence electrons. The summed E-state index contributed by atoms with van der Waals surface area (Å²) in [5.41, 5.74) is 1.62. The molecule has 3 rings (SSSR count). The quantitative estimate of drug-likeness (QED) is 0.814. The number of hydrogen-bond donors (Lipinski definition) is 2. The van der Waals surface area contributed by atoms with E-state index in [-0.39, 0.29) is 18.0 Å². The van der Waals surface area contributed by atoms with Gasteiger partial charge in [0.15, 0.2) is 0 Å². The van der Waals surface area contributed by atoms with Gasteiger partial charge in [0, 0.05) is 37.1 Å². The fourth-order valence-electron chi connectivity index (χ4n) is 3.13. The van der Waals surface area contributed by atoms with Gasteiger partial charge in [-0.2, -0.15) is 0 Å². The van der Waals surface area contributed by atoms with E-state index in [1.54, 1.807) is 5.38 Å². The summed E-state index contributed by atoms with van der Waals surface area (Å²) in [5, 5.41) is 14.6. The Labute approximate surface area is 157 Å². The Bertz CT molecular complexity index is 768. The van der Waals surface area contributed by atoms with Crippen LogP contribution in [0.4, 0.5) is 5.00 Å². The van der Waals surface area contributed by atoms with Gasteiger partial charge in [0.2, 0.25) is 5.91 Å². The lowest BCUT2D eigenvalue weighted by Crippen LogP contribution is -2.48. The molecular weight excluding hydrogens is 350 g/mol. The number of aromatic carboxylic acids is 1. The minimum atomic E-state index is -1.03.